The molecular formula is C27H25F4N7O2. The van der Waals surface area contributed by atoms with Gasteiger partial charge in [0.05, 0.1) is 12.8 Å². The highest BCUT2D eigenvalue weighted by Crippen LogP contribution is 2.45. The highest BCUT2D eigenvalue weighted by atomic mass is 19.4. The summed E-state index contributed by atoms with van der Waals surface area (Å²) in [6.45, 7) is 2.04. The SMILES string of the molecule is COc1ncnc(C2CC2)c1-c1nc(C)cc(OCc2cnc(-c3nc(C(F)(F)F)cn3CC3CC3)c(F)c2)n1. The summed E-state index contributed by atoms with van der Waals surface area (Å²) in [4.78, 5) is 25.5. The van der Waals surface area contributed by atoms with Crippen molar-refractivity contribution in [3.05, 3.63) is 59.3 Å². The molecule has 0 radical (unpaired) electrons. The number of hydrogen-bond donors (Lipinski definition) is 0. The lowest BCUT2D eigenvalue weighted by molar-refractivity contribution is -0.140. The highest BCUT2D eigenvalue weighted by Gasteiger charge is 2.36. The van der Waals surface area contributed by atoms with Crippen molar-refractivity contribution in [3.8, 4) is 34.7 Å². The van der Waals surface area contributed by atoms with Gasteiger partial charge in [-0.2, -0.15) is 18.2 Å². The van der Waals surface area contributed by atoms with Crippen molar-refractivity contribution in [2.24, 2.45) is 5.92 Å². The van der Waals surface area contributed by atoms with Gasteiger partial charge in [0, 0.05) is 42.2 Å². The number of pyridine rings is 1. The molecule has 6 rings (SSSR count). The number of hydrogen-bond acceptors (Lipinski definition) is 8. The molecule has 4 aromatic rings. The van der Waals surface area contributed by atoms with Crippen molar-refractivity contribution < 1.29 is 27.0 Å². The van der Waals surface area contributed by atoms with E-state index in [-0.39, 0.29) is 29.9 Å². The Morgan fingerprint density at radius 3 is 2.50 bits per heavy atom. The Hall–Kier alpha value is -4.16. The van der Waals surface area contributed by atoms with Gasteiger partial charge in [-0.1, -0.05) is 0 Å². The molecule has 0 bridgehead atoms. The number of aromatic nitrogens is 7. The van der Waals surface area contributed by atoms with Crippen molar-refractivity contribution >= 4 is 0 Å². The molecule has 40 heavy (non-hydrogen) atoms. The Morgan fingerprint density at radius 2 is 1.82 bits per heavy atom. The fourth-order valence-corrected chi connectivity index (χ4v) is 4.48. The number of nitrogens with zero attached hydrogens (tertiary/aromatic N) is 7. The predicted molar refractivity (Wildman–Crippen MR) is 134 cm³/mol. The Balaban J connectivity index is 1.24. The van der Waals surface area contributed by atoms with Gasteiger partial charge in [0.2, 0.25) is 11.8 Å². The topological polar surface area (TPSA) is 101 Å². The number of rotatable bonds is 9. The van der Waals surface area contributed by atoms with Crippen LogP contribution in [0.4, 0.5) is 17.6 Å². The molecule has 4 aromatic heterocycles. The first kappa shape index (κ1) is 26.1. The van der Waals surface area contributed by atoms with Gasteiger partial charge in [0.15, 0.2) is 23.2 Å². The number of imidazole rings is 1. The summed E-state index contributed by atoms with van der Waals surface area (Å²) in [5.41, 5.74) is 1.11. The molecule has 9 nitrogen and oxygen atoms in total. The first-order valence-electron chi connectivity index (χ1n) is 12.9. The lowest BCUT2D eigenvalue weighted by atomic mass is 10.1. The van der Waals surface area contributed by atoms with Gasteiger partial charge < -0.3 is 14.0 Å². The number of alkyl halides is 3. The predicted octanol–water partition coefficient (Wildman–Crippen LogP) is 5.53. The average molecular weight is 556 g/mol. The van der Waals surface area contributed by atoms with Crippen LogP contribution in [-0.4, -0.2) is 41.6 Å². The molecule has 2 aliphatic carbocycles. The van der Waals surface area contributed by atoms with Gasteiger partial charge in [-0.15, -0.1) is 0 Å². The second-order valence-corrected chi connectivity index (χ2v) is 10.1. The van der Waals surface area contributed by atoms with E-state index in [9.17, 15) is 13.2 Å². The molecule has 0 spiro atoms. The summed E-state index contributed by atoms with van der Waals surface area (Å²) in [5.74, 6) is 0.576. The zero-order chi connectivity index (χ0) is 28.0. The number of aryl methyl sites for hydroxylation is 1. The maximum atomic E-state index is 15.2. The van der Waals surface area contributed by atoms with Gasteiger partial charge in [-0.05, 0) is 44.6 Å². The third-order valence-corrected chi connectivity index (χ3v) is 6.77. The van der Waals surface area contributed by atoms with Gasteiger partial charge in [0.1, 0.15) is 24.2 Å². The minimum Gasteiger partial charge on any atom is -0.480 e. The third-order valence-electron chi connectivity index (χ3n) is 6.77. The van der Waals surface area contributed by atoms with Crippen LogP contribution in [-0.2, 0) is 19.3 Å². The zero-order valence-corrected chi connectivity index (χ0v) is 21.7. The second kappa shape index (κ2) is 10.1. The van der Waals surface area contributed by atoms with Crippen molar-refractivity contribution in [1.82, 2.24) is 34.5 Å². The van der Waals surface area contributed by atoms with Crippen LogP contribution in [0.5, 0.6) is 11.8 Å². The summed E-state index contributed by atoms with van der Waals surface area (Å²) >= 11 is 0. The number of ether oxygens (including phenoxy) is 2. The molecule has 0 N–H and O–H groups in total. The second-order valence-electron chi connectivity index (χ2n) is 10.1. The minimum atomic E-state index is -4.64. The largest absolute Gasteiger partial charge is 0.480 e. The molecule has 0 aromatic carbocycles. The highest BCUT2D eigenvalue weighted by molar-refractivity contribution is 5.66. The molecule has 0 saturated heterocycles. The van der Waals surface area contributed by atoms with E-state index in [1.54, 1.807) is 13.0 Å². The maximum Gasteiger partial charge on any atom is 0.434 e. The summed E-state index contributed by atoms with van der Waals surface area (Å²) in [5, 5.41) is 0. The first-order chi connectivity index (χ1) is 19.2. The summed E-state index contributed by atoms with van der Waals surface area (Å²) in [7, 11) is 1.52. The van der Waals surface area contributed by atoms with Gasteiger partial charge in [0.25, 0.3) is 0 Å². The number of methoxy groups -OCH3 is 1. The molecule has 208 valence electrons. The van der Waals surface area contributed by atoms with Crippen LogP contribution in [0, 0.1) is 18.7 Å². The molecule has 0 atom stereocenters. The van der Waals surface area contributed by atoms with Crippen LogP contribution in [0.15, 0.2) is 30.9 Å². The van der Waals surface area contributed by atoms with E-state index < -0.39 is 17.7 Å². The molecule has 13 heteroatoms. The molecule has 2 saturated carbocycles. The van der Waals surface area contributed by atoms with E-state index >= 15 is 4.39 Å². The molecule has 0 amide bonds. The normalized spacial score (nSPS) is 15.3. The molecule has 0 unspecified atom stereocenters. The first-order valence-corrected chi connectivity index (χ1v) is 12.9. The standard InChI is InChI=1S/C27H25F4N7O2/c1-14-7-20(37-24(35-14)21-22(17-5-6-17)33-13-34-26(21)39-2)40-12-16-8-18(28)23(32-9-16)25-36-19(27(29,30)31)11-38(25)10-15-3-4-15/h7-9,11,13,15,17H,3-6,10,12H2,1-2H3. The lowest BCUT2D eigenvalue weighted by Crippen LogP contribution is -2.06. The Kier molecular flexibility index (Phi) is 6.59. The van der Waals surface area contributed by atoms with Gasteiger partial charge >= 0.3 is 6.18 Å². The van der Waals surface area contributed by atoms with Crippen LogP contribution in [0.1, 0.15) is 54.2 Å². The Labute approximate surface area is 226 Å². The van der Waals surface area contributed by atoms with E-state index in [1.165, 1.54) is 30.3 Å². The summed E-state index contributed by atoms with van der Waals surface area (Å²) in [6.07, 6.45) is 2.94. The van der Waals surface area contributed by atoms with Gasteiger partial charge in [-0.25, -0.2) is 29.3 Å². The van der Waals surface area contributed by atoms with Crippen LogP contribution in [0.3, 0.4) is 0 Å². The number of halogens is 4. The summed E-state index contributed by atoms with van der Waals surface area (Å²) in [6, 6.07) is 2.82. The van der Waals surface area contributed by atoms with E-state index in [4.69, 9.17) is 9.47 Å². The zero-order valence-electron chi connectivity index (χ0n) is 21.7. The fraction of sp³-hybridized carbons (Fsp3) is 0.407. The maximum absolute atomic E-state index is 15.2. The van der Waals surface area contributed by atoms with Crippen LogP contribution < -0.4 is 9.47 Å². The van der Waals surface area contributed by atoms with Crippen molar-refractivity contribution in [3.63, 3.8) is 0 Å². The molecule has 2 aliphatic rings. The average Bonchev–Trinajstić information content (AvgIpc) is 3.85. The van der Waals surface area contributed by atoms with Gasteiger partial charge in [-0.3, -0.25) is 0 Å². The van der Waals surface area contributed by atoms with E-state index in [0.29, 0.717) is 41.0 Å². The molecular weight excluding hydrogens is 530 g/mol. The summed E-state index contributed by atoms with van der Waals surface area (Å²) < 4.78 is 67.7. The smallest absolute Gasteiger partial charge is 0.434 e. The third kappa shape index (κ3) is 5.45. The Bertz CT molecular complexity index is 1570. The van der Waals surface area contributed by atoms with E-state index in [0.717, 1.165) is 37.6 Å². The fourth-order valence-electron chi connectivity index (χ4n) is 4.48. The molecule has 2 fully saturated rings. The van der Waals surface area contributed by atoms with Crippen molar-refractivity contribution in [2.75, 3.05) is 7.11 Å². The Morgan fingerprint density at radius 1 is 1.02 bits per heavy atom. The minimum absolute atomic E-state index is 0.0810. The van der Waals surface area contributed by atoms with Crippen LogP contribution in [0.2, 0.25) is 0 Å². The van der Waals surface area contributed by atoms with E-state index in [1.807, 2.05) is 0 Å². The van der Waals surface area contributed by atoms with Crippen molar-refractivity contribution in [2.45, 2.75) is 57.9 Å². The quantitative estimate of drug-likeness (QED) is 0.249. The monoisotopic (exact) mass is 555 g/mol. The van der Waals surface area contributed by atoms with Crippen LogP contribution >= 0.6 is 0 Å². The molecule has 4 heterocycles. The molecule has 0 aliphatic heterocycles. The van der Waals surface area contributed by atoms with Crippen molar-refractivity contribution in [1.29, 1.82) is 0 Å². The van der Waals surface area contributed by atoms with Crippen LogP contribution in [0.25, 0.3) is 22.9 Å². The van der Waals surface area contributed by atoms with E-state index in [2.05, 4.69) is 29.9 Å². The lowest BCUT2D eigenvalue weighted by Gasteiger charge is -2.13.